The summed E-state index contributed by atoms with van der Waals surface area (Å²) in [7, 11) is 0. The standard InChI is InChI=1S/C9H18N2O2/c1-9(2,4-5-10)11-6-3-7-13-8(11)12/h3-7,10H2,1-2H3. The zero-order valence-electron chi connectivity index (χ0n) is 8.38. The molecule has 1 amide bonds. The van der Waals surface area contributed by atoms with Crippen molar-refractivity contribution in [3.8, 4) is 0 Å². The Hall–Kier alpha value is -0.770. The number of amides is 1. The third-order valence-electron chi connectivity index (χ3n) is 2.46. The number of ether oxygens (including phenoxy) is 1. The van der Waals surface area contributed by atoms with Gasteiger partial charge in [0, 0.05) is 12.1 Å². The summed E-state index contributed by atoms with van der Waals surface area (Å²) in [6.07, 6.45) is 1.52. The van der Waals surface area contributed by atoms with E-state index in [0.29, 0.717) is 13.2 Å². The summed E-state index contributed by atoms with van der Waals surface area (Å²) in [5, 5.41) is 0. The molecule has 2 N–H and O–H groups in total. The smallest absolute Gasteiger partial charge is 0.410 e. The van der Waals surface area contributed by atoms with Gasteiger partial charge in [-0.1, -0.05) is 0 Å². The summed E-state index contributed by atoms with van der Waals surface area (Å²) >= 11 is 0. The van der Waals surface area contributed by atoms with Crippen molar-refractivity contribution < 1.29 is 9.53 Å². The molecule has 0 aliphatic carbocycles. The van der Waals surface area contributed by atoms with Gasteiger partial charge in [-0.25, -0.2) is 4.79 Å². The first-order chi connectivity index (χ1) is 6.08. The van der Waals surface area contributed by atoms with E-state index in [0.717, 1.165) is 19.4 Å². The highest BCUT2D eigenvalue weighted by atomic mass is 16.6. The molecule has 1 aliphatic rings. The number of cyclic esters (lactones) is 1. The minimum absolute atomic E-state index is 0.174. The minimum Gasteiger partial charge on any atom is -0.449 e. The Kier molecular flexibility index (Phi) is 3.14. The van der Waals surface area contributed by atoms with Crippen LogP contribution in [-0.2, 0) is 4.74 Å². The van der Waals surface area contributed by atoms with Crippen LogP contribution in [0.2, 0.25) is 0 Å². The van der Waals surface area contributed by atoms with E-state index in [4.69, 9.17) is 10.5 Å². The average molecular weight is 186 g/mol. The van der Waals surface area contributed by atoms with Gasteiger partial charge in [0.05, 0.1) is 6.61 Å². The second kappa shape index (κ2) is 3.96. The largest absolute Gasteiger partial charge is 0.449 e. The highest BCUT2D eigenvalue weighted by Crippen LogP contribution is 2.21. The number of carbonyl (C=O) groups is 1. The van der Waals surface area contributed by atoms with Gasteiger partial charge in [-0.3, -0.25) is 0 Å². The summed E-state index contributed by atoms with van der Waals surface area (Å²) < 4.78 is 4.97. The van der Waals surface area contributed by atoms with Gasteiger partial charge in [-0.05, 0) is 33.2 Å². The molecule has 13 heavy (non-hydrogen) atoms. The fourth-order valence-corrected chi connectivity index (χ4v) is 1.59. The molecule has 0 aromatic carbocycles. The van der Waals surface area contributed by atoms with Crippen molar-refractivity contribution in [3.63, 3.8) is 0 Å². The van der Waals surface area contributed by atoms with Crippen molar-refractivity contribution in [2.45, 2.75) is 32.2 Å². The molecular weight excluding hydrogens is 168 g/mol. The highest BCUT2D eigenvalue weighted by molar-refractivity contribution is 5.69. The number of nitrogens with two attached hydrogens (primary N) is 1. The van der Waals surface area contributed by atoms with E-state index in [2.05, 4.69) is 0 Å². The molecule has 0 bridgehead atoms. The molecule has 1 aliphatic heterocycles. The van der Waals surface area contributed by atoms with Crippen LogP contribution in [0.25, 0.3) is 0 Å². The second-order valence-corrected chi connectivity index (χ2v) is 3.97. The Bertz CT molecular complexity index is 192. The first-order valence-electron chi connectivity index (χ1n) is 4.72. The summed E-state index contributed by atoms with van der Waals surface area (Å²) in [6, 6.07) is 0. The third-order valence-corrected chi connectivity index (χ3v) is 2.46. The average Bonchev–Trinajstić information content (AvgIpc) is 2.04. The van der Waals surface area contributed by atoms with Crippen LogP contribution in [0.15, 0.2) is 0 Å². The number of hydrogen-bond donors (Lipinski definition) is 1. The van der Waals surface area contributed by atoms with E-state index in [1.54, 1.807) is 4.90 Å². The molecule has 1 fully saturated rings. The van der Waals surface area contributed by atoms with Gasteiger partial charge in [-0.15, -0.1) is 0 Å². The molecule has 1 saturated heterocycles. The van der Waals surface area contributed by atoms with Crippen molar-refractivity contribution in [1.82, 2.24) is 4.90 Å². The van der Waals surface area contributed by atoms with Crippen molar-refractivity contribution in [2.24, 2.45) is 5.73 Å². The Morgan fingerprint density at radius 3 is 2.85 bits per heavy atom. The lowest BCUT2D eigenvalue weighted by atomic mass is 9.98. The molecule has 76 valence electrons. The summed E-state index contributed by atoms with van der Waals surface area (Å²) in [4.78, 5) is 13.1. The van der Waals surface area contributed by atoms with Gasteiger partial charge in [0.15, 0.2) is 0 Å². The maximum Gasteiger partial charge on any atom is 0.410 e. The van der Waals surface area contributed by atoms with Gasteiger partial charge < -0.3 is 15.4 Å². The number of nitrogens with zero attached hydrogens (tertiary/aromatic N) is 1. The maximum atomic E-state index is 11.4. The normalized spacial score (nSPS) is 18.7. The fraction of sp³-hybridized carbons (Fsp3) is 0.889. The van der Waals surface area contributed by atoms with Crippen LogP contribution < -0.4 is 5.73 Å². The lowest BCUT2D eigenvalue weighted by molar-refractivity contribution is 0.0293. The summed E-state index contributed by atoms with van der Waals surface area (Å²) in [5.41, 5.74) is 5.31. The van der Waals surface area contributed by atoms with Crippen LogP contribution in [0.3, 0.4) is 0 Å². The molecule has 0 saturated carbocycles. The van der Waals surface area contributed by atoms with Crippen LogP contribution in [0.4, 0.5) is 4.79 Å². The SMILES string of the molecule is CC(C)(CCN)N1CCCOC1=O. The topological polar surface area (TPSA) is 55.6 Å². The van der Waals surface area contributed by atoms with Gasteiger partial charge in [0.25, 0.3) is 0 Å². The number of carbonyl (C=O) groups excluding carboxylic acids is 1. The second-order valence-electron chi connectivity index (χ2n) is 3.97. The molecule has 0 spiro atoms. The molecular formula is C9H18N2O2. The van der Waals surface area contributed by atoms with E-state index in [-0.39, 0.29) is 11.6 Å². The van der Waals surface area contributed by atoms with Crippen LogP contribution in [0, 0.1) is 0 Å². The molecule has 1 rings (SSSR count). The highest BCUT2D eigenvalue weighted by Gasteiger charge is 2.32. The van der Waals surface area contributed by atoms with Gasteiger partial charge in [0.1, 0.15) is 0 Å². The van der Waals surface area contributed by atoms with Crippen molar-refractivity contribution in [2.75, 3.05) is 19.7 Å². The van der Waals surface area contributed by atoms with Gasteiger partial charge >= 0.3 is 6.09 Å². The molecule has 0 unspecified atom stereocenters. The molecule has 0 radical (unpaired) electrons. The van der Waals surface area contributed by atoms with E-state index in [1.807, 2.05) is 13.8 Å². The first kappa shape index (κ1) is 10.3. The van der Waals surface area contributed by atoms with Crippen molar-refractivity contribution in [1.29, 1.82) is 0 Å². The lowest BCUT2D eigenvalue weighted by Gasteiger charge is -2.39. The predicted octanol–water partition coefficient (Wildman–Crippen LogP) is 0.956. The van der Waals surface area contributed by atoms with Crippen LogP contribution in [-0.4, -0.2) is 36.2 Å². The monoisotopic (exact) mass is 186 g/mol. The zero-order chi connectivity index (χ0) is 9.90. The van der Waals surface area contributed by atoms with Crippen LogP contribution in [0.1, 0.15) is 26.7 Å². The minimum atomic E-state index is -0.204. The third kappa shape index (κ3) is 2.34. The van der Waals surface area contributed by atoms with Crippen molar-refractivity contribution in [3.05, 3.63) is 0 Å². The quantitative estimate of drug-likeness (QED) is 0.714. The molecule has 0 aromatic rings. The Balaban J connectivity index is 2.61. The molecule has 0 aromatic heterocycles. The van der Waals surface area contributed by atoms with E-state index in [9.17, 15) is 4.79 Å². The fourth-order valence-electron chi connectivity index (χ4n) is 1.59. The number of hydrogen-bond acceptors (Lipinski definition) is 3. The molecule has 4 nitrogen and oxygen atoms in total. The van der Waals surface area contributed by atoms with E-state index in [1.165, 1.54) is 0 Å². The van der Waals surface area contributed by atoms with E-state index < -0.39 is 0 Å². The Morgan fingerprint density at radius 2 is 2.31 bits per heavy atom. The van der Waals surface area contributed by atoms with E-state index >= 15 is 0 Å². The van der Waals surface area contributed by atoms with Crippen LogP contribution >= 0.6 is 0 Å². The van der Waals surface area contributed by atoms with Crippen molar-refractivity contribution >= 4 is 6.09 Å². The Labute approximate surface area is 79.0 Å². The summed E-state index contributed by atoms with van der Waals surface area (Å²) in [6.45, 7) is 5.97. The van der Waals surface area contributed by atoms with Crippen LogP contribution in [0.5, 0.6) is 0 Å². The molecule has 4 heteroatoms. The molecule has 1 heterocycles. The van der Waals surface area contributed by atoms with Gasteiger partial charge in [-0.2, -0.15) is 0 Å². The lowest BCUT2D eigenvalue weighted by Crippen LogP contribution is -2.51. The summed E-state index contributed by atoms with van der Waals surface area (Å²) in [5.74, 6) is 0. The molecule has 0 atom stereocenters. The maximum absolute atomic E-state index is 11.4. The first-order valence-corrected chi connectivity index (χ1v) is 4.72. The Morgan fingerprint density at radius 1 is 1.62 bits per heavy atom. The predicted molar refractivity (Wildman–Crippen MR) is 50.4 cm³/mol. The number of rotatable bonds is 3. The zero-order valence-corrected chi connectivity index (χ0v) is 8.38. The van der Waals surface area contributed by atoms with Gasteiger partial charge in [0.2, 0.25) is 0 Å².